The molecule has 1 aliphatic heterocycles. The topological polar surface area (TPSA) is 36.4 Å². The van der Waals surface area contributed by atoms with E-state index in [4.69, 9.17) is 0 Å². The molecule has 0 N–H and O–H groups in total. The van der Waals surface area contributed by atoms with Gasteiger partial charge in [0.2, 0.25) is 0 Å². The highest BCUT2D eigenvalue weighted by Gasteiger charge is 2.20. The summed E-state index contributed by atoms with van der Waals surface area (Å²) >= 11 is 1.66. The van der Waals surface area contributed by atoms with Crippen molar-refractivity contribution in [2.24, 2.45) is 0 Å². The first kappa shape index (κ1) is 23.5. The molecule has 4 aromatic rings. The Hall–Kier alpha value is -2.18. The van der Waals surface area contributed by atoms with Crippen molar-refractivity contribution in [2.75, 3.05) is 37.6 Å². The van der Waals surface area contributed by atoms with E-state index in [9.17, 15) is 4.79 Å². The summed E-state index contributed by atoms with van der Waals surface area (Å²) in [6.07, 6.45) is 2.44. The van der Waals surface area contributed by atoms with Crippen molar-refractivity contribution in [1.82, 2.24) is 9.88 Å². The summed E-state index contributed by atoms with van der Waals surface area (Å²) in [7, 11) is 0. The summed E-state index contributed by atoms with van der Waals surface area (Å²) in [5.74, 6) is 0.253. The lowest BCUT2D eigenvalue weighted by molar-refractivity contribution is 0.0964. The molecule has 0 amide bonds. The first-order valence-corrected chi connectivity index (χ1v) is 11.0. The van der Waals surface area contributed by atoms with Gasteiger partial charge in [0.1, 0.15) is 0 Å². The van der Waals surface area contributed by atoms with Gasteiger partial charge >= 0.3 is 0 Å². The van der Waals surface area contributed by atoms with E-state index < -0.39 is 0 Å². The average Bonchev–Trinajstić information content (AvgIpc) is 3.22. The maximum atomic E-state index is 12.8. The molecule has 162 valence electrons. The number of fused-ring (bicyclic) bond motifs is 2. The third kappa shape index (κ3) is 4.85. The summed E-state index contributed by atoms with van der Waals surface area (Å²) in [4.78, 5) is 22.2. The number of pyridine rings is 1. The molecule has 3 heterocycles. The fourth-order valence-corrected chi connectivity index (χ4v) is 5.11. The number of hydrogen-bond donors (Lipinski definition) is 0. The van der Waals surface area contributed by atoms with Gasteiger partial charge in [-0.05, 0) is 18.2 Å². The van der Waals surface area contributed by atoms with Gasteiger partial charge in [-0.1, -0.05) is 36.4 Å². The van der Waals surface area contributed by atoms with Gasteiger partial charge in [0.05, 0.1) is 11.2 Å². The van der Waals surface area contributed by atoms with Gasteiger partial charge in [-0.15, -0.1) is 36.2 Å². The van der Waals surface area contributed by atoms with Gasteiger partial charge in [-0.25, -0.2) is 0 Å². The van der Waals surface area contributed by atoms with Crippen LogP contribution in [0.1, 0.15) is 16.8 Å². The number of hydrogen-bond acceptors (Lipinski definition) is 5. The van der Waals surface area contributed by atoms with Gasteiger partial charge < -0.3 is 4.90 Å². The fourth-order valence-electron chi connectivity index (χ4n) is 4.14. The normalized spacial score (nSPS) is 14.3. The molecule has 0 atom stereocenters. The largest absolute Gasteiger partial charge is 0.367 e. The van der Waals surface area contributed by atoms with Crippen molar-refractivity contribution in [3.8, 4) is 0 Å². The Kier molecular flexibility index (Phi) is 7.89. The molecule has 0 bridgehead atoms. The molecular weight excluding hydrogens is 449 g/mol. The third-order valence-corrected chi connectivity index (χ3v) is 6.72. The zero-order chi connectivity index (χ0) is 19.6. The molecule has 0 saturated carbocycles. The second kappa shape index (κ2) is 10.4. The molecule has 4 nitrogen and oxygen atoms in total. The molecule has 0 unspecified atom stereocenters. The van der Waals surface area contributed by atoms with Crippen LogP contribution in [0.15, 0.2) is 66.2 Å². The van der Waals surface area contributed by atoms with E-state index in [2.05, 4.69) is 51.2 Å². The fraction of sp³-hybridized carbons (Fsp3) is 0.250. The highest BCUT2D eigenvalue weighted by Crippen LogP contribution is 2.27. The molecule has 2 aromatic heterocycles. The Morgan fingerprint density at radius 3 is 2.55 bits per heavy atom. The van der Waals surface area contributed by atoms with Crippen LogP contribution in [0.3, 0.4) is 0 Å². The van der Waals surface area contributed by atoms with Crippen LogP contribution in [0, 0.1) is 0 Å². The quantitative estimate of drug-likeness (QED) is 0.349. The molecule has 5 rings (SSSR count). The van der Waals surface area contributed by atoms with Crippen LogP contribution in [0.4, 0.5) is 5.69 Å². The number of carbonyl (C=O) groups excluding carboxylic acids is 1. The SMILES string of the molecule is Cl.Cl.O=C(CCN1CCN(c2cccc3cccnc23)CC1)c1csc2ccccc12. The van der Waals surface area contributed by atoms with Crippen LogP contribution < -0.4 is 4.90 Å². The van der Waals surface area contributed by atoms with Crippen molar-refractivity contribution in [2.45, 2.75) is 6.42 Å². The number of anilines is 1. The second-order valence-corrected chi connectivity index (χ2v) is 8.41. The Morgan fingerprint density at radius 1 is 0.935 bits per heavy atom. The third-order valence-electron chi connectivity index (χ3n) is 5.76. The van der Waals surface area contributed by atoms with Gasteiger partial charge in [-0.2, -0.15) is 0 Å². The number of rotatable bonds is 5. The van der Waals surface area contributed by atoms with E-state index in [0.717, 1.165) is 49.2 Å². The number of benzene rings is 2. The first-order valence-electron chi connectivity index (χ1n) is 10.1. The number of para-hydroxylation sites is 1. The summed E-state index contributed by atoms with van der Waals surface area (Å²) < 4.78 is 1.19. The maximum Gasteiger partial charge on any atom is 0.165 e. The summed E-state index contributed by atoms with van der Waals surface area (Å²) in [5, 5.41) is 4.29. The number of nitrogens with zero attached hydrogens (tertiary/aromatic N) is 3. The molecule has 1 fully saturated rings. The van der Waals surface area contributed by atoms with Crippen LogP contribution in [-0.2, 0) is 0 Å². The van der Waals surface area contributed by atoms with Crippen molar-refractivity contribution >= 4 is 68.6 Å². The van der Waals surface area contributed by atoms with E-state index in [1.807, 2.05) is 29.8 Å². The maximum absolute atomic E-state index is 12.8. The molecule has 31 heavy (non-hydrogen) atoms. The van der Waals surface area contributed by atoms with Gasteiger partial charge in [0.25, 0.3) is 0 Å². The monoisotopic (exact) mass is 473 g/mol. The van der Waals surface area contributed by atoms with Crippen molar-refractivity contribution in [1.29, 1.82) is 0 Å². The number of thiophene rings is 1. The molecule has 7 heteroatoms. The molecule has 1 aliphatic rings. The smallest absolute Gasteiger partial charge is 0.165 e. The lowest BCUT2D eigenvalue weighted by Gasteiger charge is -2.36. The molecule has 0 radical (unpaired) electrons. The number of piperazine rings is 1. The van der Waals surface area contributed by atoms with Crippen molar-refractivity contribution in [3.05, 3.63) is 71.7 Å². The summed E-state index contributed by atoms with van der Waals surface area (Å²) in [5.41, 5.74) is 3.16. The zero-order valence-electron chi connectivity index (χ0n) is 17.1. The number of halogens is 2. The lowest BCUT2D eigenvalue weighted by Crippen LogP contribution is -2.47. The second-order valence-electron chi connectivity index (χ2n) is 7.50. The van der Waals surface area contributed by atoms with E-state index in [1.165, 1.54) is 15.8 Å². The van der Waals surface area contributed by atoms with Crippen LogP contribution in [-0.4, -0.2) is 48.4 Å². The number of ketones is 1. The highest BCUT2D eigenvalue weighted by molar-refractivity contribution is 7.17. The Bertz CT molecular complexity index is 1170. The molecule has 2 aromatic carbocycles. The Labute approximate surface area is 198 Å². The van der Waals surface area contributed by atoms with E-state index in [0.29, 0.717) is 6.42 Å². The number of aromatic nitrogens is 1. The zero-order valence-corrected chi connectivity index (χ0v) is 19.5. The van der Waals surface area contributed by atoms with Gasteiger partial charge in [0.15, 0.2) is 5.78 Å². The summed E-state index contributed by atoms with van der Waals surface area (Å²) in [6, 6.07) is 18.6. The van der Waals surface area contributed by atoms with E-state index >= 15 is 0 Å². The molecular formula is C24H25Cl2N3OS. The molecule has 0 spiro atoms. The Morgan fingerprint density at radius 2 is 1.71 bits per heavy atom. The van der Waals surface area contributed by atoms with Crippen LogP contribution in [0.5, 0.6) is 0 Å². The minimum absolute atomic E-state index is 0. The first-order chi connectivity index (χ1) is 14.3. The average molecular weight is 474 g/mol. The molecule has 0 aliphatic carbocycles. The van der Waals surface area contributed by atoms with Crippen LogP contribution in [0.2, 0.25) is 0 Å². The van der Waals surface area contributed by atoms with E-state index in [1.54, 1.807) is 11.3 Å². The number of Topliss-reactive ketones (excluding diaryl/α,β-unsaturated/α-hetero) is 1. The minimum atomic E-state index is 0. The lowest BCUT2D eigenvalue weighted by atomic mass is 10.1. The van der Waals surface area contributed by atoms with Crippen molar-refractivity contribution < 1.29 is 4.79 Å². The highest BCUT2D eigenvalue weighted by atomic mass is 35.5. The molecule has 1 saturated heterocycles. The predicted molar refractivity (Wildman–Crippen MR) is 136 cm³/mol. The standard InChI is InChI=1S/C24H23N3OS.2ClH/c28-22(20-17-29-23-9-2-1-7-19(20)23)10-12-26-13-15-27(16-14-26)21-8-3-5-18-6-4-11-25-24(18)21;;/h1-9,11,17H,10,12-16H2;2*1H. The van der Waals surface area contributed by atoms with Crippen molar-refractivity contribution in [3.63, 3.8) is 0 Å². The van der Waals surface area contributed by atoms with E-state index in [-0.39, 0.29) is 30.6 Å². The summed E-state index contributed by atoms with van der Waals surface area (Å²) in [6.45, 7) is 4.70. The van der Waals surface area contributed by atoms with Gasteiger partial charge in [0, 0.05) is 71.8 Å². The number of carbonyl (C=O) groups is 1. The van der Waals surface area contributed by atoms with Crippen LogP contribution >= 0.6 is 36.2 Å². The van der Waals surface area contributed by atoms with Gasteiger partial charge in [-0.3, -0.25) is 14.7 Å². The van der Waals surface area contributed by atoms with Crippen LogP contribution in [0.25, 0.3) is 21.0 Å². The minimum Gasteiger partial charge on any atom is -0.367 e. The predicted octanol–water partition coefficient (Wildman–Crippen LogP) is 5.69. The Balaban J connectivity index is 0.00000136.